The summed E-state index contributed by atoms with van der Waals surface area (Å²) in [5.74, 6) is 1.70. The maximum absolute atomic E-state index is 3.57. The minimum Gasteiger partial charge on any atom is -0.261 e. The second-order valence-electron chi connectivity index (χ2n) is 5.45. The highest BCUT2D eigenvalue weighted by Gasteiger charge is 2.08. The molecule has 2 aromatic carbocycles. The van der Waals surface area contributed by atoms with Crippen molar-refractivity contribution in [2.24, 2.45) is 0 Å². The van der Waals surface area contributed by atoms with E-state index >= 15 is 0 Å². The van der Waals surface area contributed by atoms with Crippen LogP contribution in [0.1, 0.15) is 45.1 Å². The van der Waals surface area contributed by atoms with Crippen molar-refractivity contribution in [3.05, 3.63) is 48.0 Å². The smallest absolute Gasteiger partial charge is 0.0166 e. The quantitative estimate of drug-likeness (QED) is 0.687. The van der Waals surface area contributed by atoms with Crippen LogP contribution >= 0.6 is 11.9 Å². The summed E-state index contributed by atoms with van der Waals surface area (Å²) in [4.78, 5) is 0. The van der Waals surface area contributed by atoms with Gasteiger partial charge in [-0.2, -0.15) is 0 Å². The highest BCUT2D eigenvalue weighted by Crippen LogP contribution is 2.24. The Hall–Kier alpha value is -0.990. The molecule has 0 saturated heterocycles. The summed E-state index contributed by atoms with van der Waals surface area (Å²) in [7, 11) is 0. The summed E-state index contributed by atoms with van der Waals surface area (Å²) in [6.45, 7) is 6.80. The molecule has 0 radical (unpaired) electrons. The third-order valence-electron chi connectivity index (χ3n) is 3.91. The number of nitrogens with one attached hydrogen (secondary N) is 1. The number of hydrogen-bond donors (Lipinski definition) is 1. The molecular formula is C18H25NS. The largest absolute Gasteiger partial charge is 0.261 e. The molecule has 2 rings (SSSR count). The first-order valence-electron chi connectivity index (χ1n) is 7.60. The van der Waals surface area contributed by atoms with Gasteiger partial charge in [0.1, 0.15) is 0 Å². The van der Waals surface area contributed by atoms with Crippen molar-refractivity contribution in [2.75, 3.05) is 5.75 Å². The van der Waals surface area contributed by atoms with Crippen molar-refractivity contribution in [2.45, 2.75) is 45.6 Å². The number of benzene rings is 2. The van der Waals surface area contributed by atoms with Crippen molar-refractivity contribution in [3.8, 4) is 0 Å². The molecule has 108 valence electrons. The molecule has 1 nitrogen and oxygen atoms in total. The van der Waals surface area contributed by atoms with Gasteiger partial charge in [0, 0.05) is 11.8 Å². The molecule has 1 atom stereocenters. The van der Waals surface area contributed by atoms with Gasteiger partial charge < -0.3 is 0 Å². The first-order chi connectivity index (χ1) is 9.74. The molecule has 0 aliphatic heterocycles. The van der Waals surface area contributed by atoms with E-state index in [0.29, 0.717) is 12.0 Å². The van der Waals surface area contributed by atoms with Crippen LogP contribution in [0.25, 0.3) is 10.8 Å². The normalized spacial score (nSPS) is 13.0. The molecule has 0 aliphatic rings. The van der Waals surface area contributed by atoms with Gasteiger partial charge in [-0.25, -0.2) is 0 Å². The third kappa shape index (κ3) is 4.00. The van der Waals surface area contributed by atoms with Gasteiger partial charge >= 0.3 is 0 Å². The lowest BCUT2D eigenvalue weighted by molar-refractivity contribution is 0.591. The number of hydrogen-bond acceptors (Lipinski definition) is 2. The zero-order chi connectivity index (χ0) is 14.4. The van der Waals surface area contributed by atoms with Gasteiger partial charge in [-0.05, 0) is 35.1 Å². The van der Waals surface area contributed by atoms with Gasteiger partial charge in [-0.3, -0.25) is 4.72 Å². The van der Waals surface area contributed by atoms with Crippen LogP contribution < -0.4 is 4.72 Å². The third-order valence-corrected chi connectivity index (χ3v) is 5.08. The van der Waals surface area contributed by atoms with Crippen LogP contribution in [0.15, 0.2) is 42.5 Å². The fourth-order valence-electron chi connectivity index (χ4n) is 2.36. The molecule has 0 heterocycles. The van der Waals surface area contributed by atoms with Crippen LogP contribution in [0.3, 0.4) is 0 Å². The topological polar surface area (TPSA) is 12.0 Å². The van der Waals surface area contributed by atoms with Crippen LogP contribution in [0, 0.1) is 0 Å². The number of rotatable bonds is 7. The molecule has 2 aromatic rings. The molecular weight excluding hydrogens is 262 g/mol. The fourth-order valence-corrected chi connectivity index (χ4v) is 3.46. The molecule has 1 N–H and O–H groups in total. The first-order valence-corrected chi connectivity index (χ1v) is 8.59. The lowest BCUT2D eigenvalue weighted by Crippen LogP contribution is -2.22. The summed E-state index contributed by atoms with van der Waals surface area (Å²) in [6.07, 6.45) is 2.40. The fraction of sp³-hybridized carbons (Fsp3) is 0.444. The predicted octanol–water partition coefficient (Wildman–Crippen LogP) is 5.37. The van der Waals surface area contributed by atoms with E-state index in [1.807, 2.05) is 11.9 Å². The van der Waals surface area contributed by atoms with Gasteiger partial charge in [-0.15, -0.1) is 0 Å². The Bertz CT molecular complexity index is 534. The molecule has 0 saturated carbocycles. The van der Waals surface area contributed by atoms with E-state index < -0.39 is 0 Å². The first kappa shape index (κ1) is 15.4. The van der Waals surface area contributed by atoms with E-state index in [4.69, 9.17) is 0 Å². The molecule has 2 heteroatoms. The zero-order valence-corrected chi connectivity index (χ0v) is 13.5. The summed E-state index contributed by atoms with van der Waals surface area (Å²) in [6, 6.07) is 16.1. The van der Waals surface area contributed by atoms with E-state index in [1.54, 1.807) is 0 Å². The number of fused-ring (bicyclic) bond motifs is 1. The Labute approximate surface area is 127 Å². The SMILES string of the molecule is CCC(CC)NSCC(C)c1ccc2ccccc2c1. The minimum atomic E-state index is 0.575. The van der Waals surface area contributed by atoms with Crippen LogP contribution in [-0.4, -0.2) is 11.8 Å². The van der Waals surface area contributed by atoms with Crippen molar-refractivity contribution < 1.29 is 0 Å². The molecule has 20 heavy (non-hydrogen) atoms. The minimum absolute atomic E-state index is 0.575. The van der Waals surface area contributed by atoms with Gasteiger partial charge in [0.15, 0.2) is 0 Å². The van der Waals surface area contributed by atoms with Crippen molar-refractivity contribution in [3.63, 3.8) is 0 Å². The predicted molar refractivity (Wildman–Crippen MR) is 92.3 cm³/mol. The highest BCUT2D eigenvalue weighted by molar-refractivity contribution is 7.97. The molecule has 0 bridgehead atoms. The van der Waals surface area contributed by atoms with Crippen molar-refractivity contribution in [1.29, 1.82) is 0 Å². The molecule has 0 fully saturated rings. The second kappa shape index (κ2) is 7.70. The van der Waals surface area contributed by atoms with E-state index in [9.17, 15) is 0 Å². The molecule has 0 spiro atoms. The molecule has 0 aromatic heterocycles. The maximum atomic E-state index is 3.57. The Balaban J connectivity index is 1.95. The average Bonchev–Trinajstić information content (AvgIpc) is 2.51. The Morgan fingerprint density at radius 1 is 1.00 bits per heavy atom. The maximum Gasteiger partial charge on any atom is 0.0166 e. The van der Waals surface area contributed by atoms with Gasteiger partial charge in [0.25, 0.3) is 0 Å². The van der Waals surface area contributed by atoms with Crippen molar-refractivity contribution in [1.82, 2.24) is 4.72 Å². The van der Waals surface area contributed by atoms with Gasteiger partial charge in [-0.1, -0.05) is 75.2 Å². The molecule has 1 unspecified atom stereocenters. The standard InChI is InChI=1S/C18H25NS/c1-4-18(5-2)19-20-13-14(3)16-11-10-15-8-6-7-9-17(15)12-16/h6-12,14,18-19H,4-5,13H2,1-3H3. The van der Waals surface area contributed by atoms with Crippen molar-refractivity contribution >= 4 is 22.7 Å². The van der Waals surface area contributed by atoms with Crippen LogP contribution in [-0.2, 0) is 0 Å². The van der Waals surface area contributed by atoms with E-state index in [1.165, 1.54) is 29.2 Å². The lowest BCUT2D eigenvalue weighted by Gasteiger charge is -2.17. The van der Waals surface area contributed by atoms with Crippen LogP contribution in [0.2, 0.25) is 0 Å². The monoisotopic (exact) mass is 287 g/mol. The van der Waals surface area contributed by atoms with E-state index in [0.717, 1.165) is 5.75 Å². The highest BCUT2D eigenvalue weighted by atomic mass is 32.2. The summed E-state index contributed by atoms with van der Waals surface area (Å²) in [5.41, 5.74) is 1.43. The van der Waals surface area contributed by atoms with Crippen LogP contribution in [0.4, 0.5) is 0 Å². The Kier molecular flexibility index (Phi) is 5.93. The molecule has 0 aliphatic carbocycles. The summed E-state index contributed by atoms with van der Waals surface area (Å²) in [5, 5.41) is 2.67. The van der Waals surface area contributed by atoms with Crippen LogP contribution in [0.5, 0.6) is 0 Å². The Morgan fingerprint density at radius 2 is 1.70 bits per heavy atom. The zero-order valence-electron chi connectivity index (χ0n) is 12.7. The van der Waals surface area contributed by atoms with Gasteiger partial charge in [0.05, 0.1) is 0 Å². The van der Waals surface area contributed by atoms with Gasteiger partial charge in [0.2, 0.25) is 0 Å². The summed E-state index contributed by atoms with van der Waals surface area (Å²) < 4.78 is 3.57. The Morgan fingerprint density at radius 3 is 2.40 bits per heavy atom. The van der Waals surface area contributed by atoms with E-state index in [2.05, 4.69) is 68.0 Å². The second-order valence-corrected chi connectivity index (χ2v) is 6.31. The van der Waals surface area contributed by atoms with E-state index in [-0.39, 0.29) is 0 Å². The lowest BCUT2D eigenvalue weighted by atomic mass is 9.99. The summed E-state index contributed by atoms with van der Waals surface area (Å²) >= 11 is 1.87. The molecule has 0 amide bonds. The average molecular weight is 287 g/mol.